The van der Waals surface area contributed by atoms with E-state index in [9.17, 15) is 22.8 Å². The summed E-state index contributed by atoms with van der Waals surface area (Å²) in [5.74, 6) is -1.43. The Balaban J connectivity index is 1.94. The molecule has 0 bridgehead atoms. The smallest absolute Gasteiger partial charge is 0.451 e. The number of aromatic nitrogens is 5. The SMILES string of the molecule is COC(=O)[C@H]1CCCc2nn(Cc3ccnc(C(F)(F)F)n3)c(=O)n21. The molecule has 0 N–H and O–H groups in total. The predicted octanol–water partition coefficient (Wildman–Crippen LogP) is 0.952. The van der Waals surface area contributed by atoms with Crippen LogP contribution in [-0.2, 0) is 28.7 Å². The number of ether oxygens (including phenoxy) is 1. The maximum absolute atomic E-state index is 12.7. The average Bonchev–Trinajstić information content (AvgIpc) is 2.90. The highest BCUT2D eigenvalue weighted by Crippen LogP contribution is 2.26. The lowest BCUT2D eigenvalue weighted by molar-refractivity contribution is -0.146. The zero-order chi connectivity index (χ0) is 18.2. The van der Waals surface area contributed by atoms with Crippen LogP contribution in [-0.4, -0.2) is 37.4 Å². The number of esters is 1. The Morgan fingerprint density at radius 2 is 2.20 bits per heavy atom. The molecule has 0 saturated carbocycles. The number of methoxy groups -OCH3 is 1. The maximum atomic E-state index is 12.7. The second-order valence-electron chi connectivity index (χ2n) is 5.53. The van der Waals surface area contributed by atoms with Gasteiger partial charge >= 0.3 is 17.8 Å². The summed E-state index contributed by atoms with van der Waals surface area (Å²) in [5.41, 5.74) is -0.591. The first-order chi connectivity index (χ1) is 11.8. The summed E-state index contributed by atoms with van der Waals surface area (Å²) in [6.07, 6.45) is -2.11. The molecule has 134 valence electrons. The normalized spacial score (nSPS) is 17.2. The van der Waals surface area contributed by atoms with Crippen LogP contribution in [0.4, 0.5) is 13.2 Å². The molecule has 1 atom stereocenters. The summed E-state index contributed by atoms with van der Waals surface area (Å²) >= 11 is 0. The van der Waals surface area contributed by atoms with E-state index in [0.717, 1.165) is 10.9 Å². The second-order valence-corrected chi connectivity index (χ2v) is 5.53. The van der Waals surface area contributed by atoms with Crippen LogP contribution in [0.3, 0.4) is 0 Å². The van der Waals surface area contributed by atoms with E-state index in [1.54, 1.807) is 0 Å². The minimum Gasteiger partial charge on any atom is -0.467 e. The van der Waals surface area contributed by atoms with Gasteiger partial charge in [0.05, 0.1) is 19.3 Å². The zero-order valence-corrected chi connectivity index (χ0v) is 13.2. The summed E-state index contributed by atoms with van der Waals surface area (Å²) in [7, 11) is 1.23. The fourth-order valence-electron chi connectivity index (χ4n) is 2.77. The molecule has 2 aromatic heterocycles. The molecule has 11 heteroatoms. The van der Waals surface area contributed by atoms with Crippen molar-refractivity contribution in [1.82, 2.24) is 24.3 Å². The first kappa shape index (κ1) is 17.1. The molecule has 0 amide bonds. The summed E-state index contributed by atoms with van der Waals surface area (Å²) in [4.78, 5) is 31.0. The van der Waals surface area contributed by atoms with Gasteiger partial charge in [0.25, 0.3) is 0 Å². The topological polar surface area (TPSA) is 91.9 Å². The predicted molar refractivity (Wildman–Crippen MR) is 76.6 cm³/mol. The minimum absolute atomic E-state index is 0.00510. The largest absolute Gasteiger partial charge is 0.467 e. The molecule has 0 unspecified atom stereocenters. The van der Waals surface area contributed by atoms with E-state index >= 15 is 0 Å². The molecule has 8 nitrogen and oxygen atoms in total. The zero-order valence-electron chi connectivity index (χ0n) is 13.2. The first-order valence-corrected chi connectivity index (χ1v) is 7.46. The molecule has 0 spiro atoms. The molecule has 0 saturated heterocycles. The number of aryl methyl sites for hydroxylation is 1. The quantitative estimate of drug-likeness (QED) is 0.760. The third-order valence-electron chi connectivity index (χ3n) is 3.88. The van der Waals surface area contributed by atoms with Gasteiger partial charge in [-0.1, -0.05) is 0 Å². The van der Waals surface area contributed by atoms with Crippen molar-refractivity contribution in [3.05, 3.63) is 40.1 Å². The molecule has 3 rings (SSSR count). The van der Waals surface area contributed by atoms with Gasteiger partial charge in [0.2, 0.25) is 5.82 Å². The Morgan fingerprint density at radius 1 is 1.44 bits per heavy atom. The molecule has 0 aromatic carbocycles. The maximum Gasteiger partial charge on any atom is 0.451 e. The van der Waals surface area contributed by atoms with Crippen molar-refractivity contribution in [2.24, 2.45) is 0 Å². The summed E-state index contributed by atoms with van der Waals surface area (Å²) in [6, 6.07) is 0.504. The van der Waals surface area contributed by atoms with E-state index in [0.29, 0.717) is 25.1 Å². The van der Waals surface area contributed by atoms with E-state index in [-0.39, 0.29) is 12.2 Å². The van der Waals surface area contributed by atoms with E-state index in [1.807, 2.05) is 0 Å². The third-order valence-corrected chi connectivity index (χ3v) is 3.88. The van der Waals surface area contributed by atoms with E-state index < -0.39 is 29.7 Å². The van der Waals surface area contributed by atoms with Gasteiger partial charge < -0.3 is 4.74 Å². The van der Waals surface area contributed by atoms with Crippen LogP contribution in [0.15, 0.2) is 17.1 Å². The number of hydrogen-bond donors (Lipinski definition) is 0. The lowest BCUT2D eigenvalue weighted by Gasteiger charge is -2.20. The van der Waals surface area contributed by atoms with Crippen molar-refractivity contribution >= 4 is 5.97 Å². The fourth-order valence-corrected chi connectivity index (χ4v) is 2.77. The highest BCUT2D eigenvalue weighted by molar-refractivity contribution is 5.74. The van der Waals surface area contributed by atoms with Gasteiger partial charge in [-0.2, -0.15) is 18.3 Å². The molecule has 0 aliphatic carbocycles. The second kappa shape index (κ2) is 6.30. The number of rotatable bonds is 3. The summed E-state index contributed by atoms with van der Waals surface area (Å²) < 4.78 is 45.0. The number of halogens is 3. The molecule has 25 heavy (non-hydrogen) atoms. The monoisotopic (exact) mass is 357 g/mol. The lowest BCUT2D eigenvalue weighted by atomic mass is 10.1. The van der Waals surface area contributed by atoms with Crippen molar-refractivity contribution in [2.75, 3.05) is 7.11 Å². The number of alkyl halides is 3. The fraction of sp³-hybridized carbons (Fsp3) is 0.500. The van der Waals surface area contributed by atoms with Crippen LogP contribution in [0.25, 0.3) is 0 Å². The van der Waals surface area contributed by atoms with Gasteiger partial charge in [0, 0.05) is 12.6 Å². The van der Waals surface area contributed by atoms with Crippen LogP contribution in [0.1, 0.15) is 36.2 Å². The molecule has 0 radical (unpaired) electrons. The van der Waals surface area contributed by atoms with Crippen molar-refractivity contribution in [1.29, 1.82) is 0 Å². The summed E-state index contributed by atoms with van der Waals surface area (Å²) in [5, 5.41) is 4.12. The Kier molecular flexibility index (Phi) is 4.31. The Bertz CT molecular complexity index is 858. The highest BCUT2D eigenvalue weighted by atomic mass is 19.4. The lowest BCUT2D eigenvalue weighted by Crippen LogP contribution is -2.35. The minimum atomic E-state index is -4.68. The number of fused-ring (bicyclic) bond motifs is 1. The van der Waals surface area contributed by atoms with Crippen molar-refractivity contribution in [3.8, 4) is 0 Å². The number of carbonyl (C=O) groups excluding carboxylic acids is 1. The molecule has 0 fully saturated rings. The van der Waals surface area contributed by atoms with E-state index in [1.165, 1.54) is 17.7 Å². The summed E-state index contributed by atoms with van der Waals surface area (Å²) in [6.45, 7) is -0.252. The molecular weight excluding hydrogens is 343 g/mol. The van der Waals surface area contributed by atoms with Gasteiger partial charge in [0.15, 0.2) is 0 Å². The Labute approximate surface area is 139 Å². The molecular formula is C14H14F3N5O3. The van der Waals surface area contributed by atoms with Gasteiger partial charge in [-0.25, -0.2) is 24.2 Å². The van der Waals surface area contributed by atoms with Gasteiger partial charge in [0.1, 0.15) is 11.9 Å². The standard InChI is InChI=1S/C14H14F3N5O3/c1-25-11(23)9-3-2-4-10-20-21(13(24)22(9)10)7-8-5-6-18-12(19-8)14(15,16)17/h5-6,9H,2-4,7H2,1H3/t9-/m1/s1. The van der Waals surface area contributed by atoms with Crippen molar-refractivity contribution < 1.29 is 22.7 Å². The van der Waals surface area contributed by atoms with Gasteiger partial charge in [-0.15, -0.1) is 0 Å². The van der Waals surface area contributed by atoms with Crippen molar-refractivity contribution in [2.45, 2.75) is 38.0 Å². The molecule has 1 aliphatic heterocycles. The molecule has 2 aromatic rings. The van der Waals surface area contributed by atoms with E-state index in [2.05, 4.69) is 15.1 Å². The van der Waals surface area contributed by atoms with Crippen molar-refractivity contribution in [3.63, 3.8) is 0 Å². The van der Waals surface area contributed by atoms with Crippen LogP contribution in [0.2, 0.25) is 0 Å². The van der Waals surface area contributed by atoms with Gasteiger partial charge in [-0.05, 0) is 18.9 Å². The number of carbonyl (C=O) groups is 1. The van der Waals surface area contributed by atoms with Crippen LogP contribution < -0.4 is 5.69 Å². The Morgan fingerprint density at radius 3 is 2.88 bits per heavy atom. The van der Waals surface area contributed by atoms with Crippen LogP contribution in [0.5, 0.6) is 0 Å². The number of hydrogen-bond acceptors (Lipinski definition) is 6. The third kappa shape index (κ3) is 3.26. The van der Waals surface area contributed by atoms with Crippen LogP contribution >= 0.6 is 0 Å². The highest BCUT2D eigenvalue weighted by Gasteiger charge is 2.35. The molecule has 3 heterocycles. The number of nitrogens with zero attached hydrogens (tertiary/aromatic N) is 5. The van der Waals surface area contributed by atoms with Crippen LogP contribution in [0, 0.1) is 0 Å². The van der Waals surface area contributed by atoms with Gasteiger partial charge in [-0.3, -0.25) is 4.57 Å². The van der Waals surface area contributed by atoms with E-state index in [4.69, 9.17) is 4.74 Å². The Hall–Kier alpha value is -2.72. The average molecular weight is 357 g/mol. The molecule has 1 aliphatic rings. The first-order valence-electron chi connectivity index (χ1n) is 7.46.